The molecule has 4 heteroatoms. The number of hydrogen-bond donors (Lipinski definition) is 0. The van der Waals surface area contributed by atoms with Gasteiger partial charge in [-0.1, -0.05) is 6.07 Å². The summed E-state index contributed by atoms with van der Waals surface area (Å²) in [7, 11) is 1.85. The van der Waals surface area contributed by atoms with Crippen LogP contribution in [0.25, 0.3) is 0 Å². The predicted octanol–water partition coefficient (Wildman–Crippen LogP) is 2.54. The fourth-order valence-electron chi connectivity index (χ4n) is 1.13. The molecule has 1 aromatic carbocycles. The third kappa shape index (κ3) is 3.09. The SMILES string of the molecule is CN(CC#N)Cc1ccc(F)c(Br)c1. The Balaban J connectivity index is 2.69. The van der Waals surface area contributed by atoms with E-state index in [-0.39, 0.29) is 5.82 Å². The van der Waals surface area contributed by atoms with Crippen molar-refractivity contribution in [2.45, 2.75) is 6.54 Å². The van der Waals surface area contributed by atoms with Crippen molar-refractivity contribution in [3.63, 3.8) is 0 Å². The van der Waals surface area contributed by atoms with E-state index in [1.807, 2.05) is 11.9 Å². The van der Waals surface area contributed by atoms with Crippen molar-refractivity contribution in [3.8, 4) is 6.07 Å². The molecule has 2 nitrogen and oxygen atoms in total. The lowest BCUT2D eigenvalue weighted by Gasteiger charge is -2.12. The molecule has 0 radical (unpaired) electrons. The summed E-state index contributed by atoms with van der Waals surface area (Å²) in [6.07, 6.45) is 0. The van der Waals surface area contributed by atoms with E-state index in [1.165, 1.54) is 6.07 Å². The van der Waals surface area contributed by atoms with Gasteiger partial charge in [0.2, 0.25) is 0 Å². The molecule has 0 unspecified atom stereocenters. The molecular formula is C10H10BrFN2. The van der Waals surface area contributed by atoms with Crippen molar-refractivity contribution in [1.82, 2.24) is 4.90 Å². The normalized spacial score (nSPS) is 10.2. The summed E-state index contributed by atoms with van der Waals surface area (Å²) in [6.45, 7) is 1.02. The van der Waals surface area contributed by atoms with Crippen molar-refractivity contribution in [2.75, 3.05) is 13.6 Å². The Morgan fingerprint density at radius 2 is 2.29 bits per heavy atom. The molecule has 1 rings (SSSR count). The van der Waals surface area contributed by atoms with Gasteiger partial charge in [-0.05, 0) is 40.7 Å². The second kappa shape index (κ2) is 5.08. The number of hydrogen-bond acceptors (Lipinski definition) is 2. The highest BCUT2D eigenvalue weighted by Gasteiger charge is 2.02. The molecule has 0 atom stereocenters. The molecule has 0 aliphatic heterocycles. The first kappa shape index (κ1) is 11.2. The smallest absolute Gasteiger partial charge is 0.137 e. The van der Waals surface area contributed by atoms with E-state index in [9.17, 15) is 4.39 Å². The summed E-state index contributed by atoms with van der Waals surface area (Å²) in [5.41, 5.74) is 0.982. The van der Waals surface area contributed by atoms with Crippen LogP contribution in [-0.4, -0.2) is 18.5 Å². The quantitative estimate of drug-likeness (QED) is 0.778. The lowest BCUT2D eigenvalue weighted by atomic mass is 10.2. The first-order valence-electron chi connectivity index (χ1n) is 4.13. The molecule has 0 aliphatic rings. The molecule has 1 aromatic rings. The summed E-state index contributed by atoms with van der Waals surface area (Å²) in [5.74, 6) is -0.267. The van der Waals surface area contributed by atoms with Gasteiger partial charge in [0.1, 0.15) is 5.82 Å². The third-order valence-electron chi connectivity index (χ3n) is 1.78. The fraction of sp³-hybridized carbons (Fsp3) is 0.300. The van der Waals surface area contributed by atoms with Crippen LogP contribution >= 0.6 is 15.9 Å². The molecule has 0 heterocycles. The molecule has 0 saturated carbocycles. The number of nitrogens with zero attached hydrogens (tertiary/aromatic N) is 2. The van der Waals surface area contributed by atoms with Gasteiger partial charge in [-0.25, -0.2) is 4.39 Å². The Labute approximate surface area is 91.1 Å². The highest BCUT2D eigenvalue weighted by Crippen LogP contribution is 2.17. The molecule has 0 bridgehead atoms. The predicted molar refractivity (Wildman–Crippen MR) is 56.0 cm³/mol. The lowest BCUT2D eigenvalue weighted by Crippen LogP contribution is -2.17. The largest absolute Gasteiger partial charge is 0.289 e. The highest BCUT2D eigenvalue weighted by molar-refractivity contribution is 9.10. The van der Waals surface area contributed by atoms with E-state index in [0.29, 0.717) is 17.6 Å². The molecule has 0 aliphatic carbocycles. The molecule has 0 aromatic heterocycles. The first-order chi connectivity index (χ1) is 6.63. The van der Waals surface area contributed by atoms with Gasteiger partial charge in [0, 0.05) is 6.54 Å². The molecule has 0 saturated heterocycles. The summed E-state index contributed by atoms with van der Waals surface area (Å²) in [6, 6.07) is 6.91. The highest BCUT2D eigenvalue weighted by atomic mass is 79.9. The third-order valence-corrected chi connectivity index (χ3v) is 2.38. The number of halogens is 2. The maximum Gasteiger partial charge on any atom is 0.137 e. The minimum atomic E-state index is -0.267. The van der Waals surface area contributed by atoms with E-state index in [1.54, 1.807) is 12.1 Å². The van der Waals surface area contributed by atoms with Crippen molar-refractivity contribution in [1.29, 1.82) is 5.26 Å². The lowest BCUT2D eigenvalue weighted by molar-refractivity contribution is 0.367. The Kier molecular flexibility index (Phi) is 4.05. The van der Waals surface area contributed by atoms with E-state index >= 15 is 0 Å². The van der Waals surface area contributed by atoms with Crippen LogP contribution in [0.2, 0.25) is 0 Å². The van der Waals surface area contributed by atoms with Gasteiger partial charge < -0.3 is 0 Å². The molecule has 14 heavy (non-hydrogen) atoms. The zero-order chi connectivity index (χ0) is 10.6. The molecule has 0 N–H and O–H groups in total. The van der Waals surface area contributed by atoms with Crippen LogP contribution in [0.4, 0.5) is 4.39 Å². The van der Waals surface area contributed by atoms with Crippen LogP contribution in [0, 0.1) is 17.1 Å². The van der Waals surface area contributed by atoms with Crippen LogP contribution in [0.15, 0.2) is 22.7 Å². The average Bonchev–Trinajstić information content (AvgIpc) is 2.12. The van der Waals surface area contributed by atoms with Gasteiger partial charge in [0.05, 0.1) is 17.1 Å². The first-order valence-corrected chi connectivity index (χ1v) is 4.92. The summed E-state index contributed by atoms with van der Waals surface area (Å²) < 4.78 is 13.3. The molecule has 0 amide bonds. The Bertz CT molecular complexity index is 360. The van der Waals surface area contributed by atoms with Crippen molar-refractivity contribution in [2.24, 2.45) is 0 Å². The summed E-state index contributed by atoms with van der Waals surface area (Å²) in [4.78, 5) is 1.86. The van der Waals surface area contributed by atoms with E-state index in [0.717, 1.165) is 5.56 Å². The van der Waals surface area contributed by atoms with Gasteiger partial charge in [-0.3, -0.25) is 4.90 Å². The fourth-order valence-corrected chi connectivity index (χ4v) is 1.55. The maximum atomic E-state index is 12.9. The summed E-state index contributed by atoms with van der Waals surface area (Å²) in [5, 5.41) is 8.45. The number of benzene rings is 1. The van der Waals surface area contributed by atoms with Crippen LogP contribution < -0.4 is 0 Å². The zero-order valence-corrected chi connectivity index (χ0v) is 9.38. The standard InChI is InChI=1S/C10H10BrFN2/c1-14(5-4-13)7-8-2-3-10(12)9(11)6-8/h2-3,6H,5,7H2,1H3. The minimum Gasteiger partial charge on any atom is -0.289 e. The Morgan fingerprint density at radius 3 is 2.86 bits per heavy atom. The van der Waals surface area contributed by atoms with Gasteiger partial charge >= 0.3 is 0 Å². The van der Waals surface area contributed by atoms with Crippen molar-refractivity contribution < 1.29 is 4.39 Å². The second-order valence-corrected chi connectivity index (χ2v) is 3.93. The molecule has 74 valence electrons. The Hall–Kier alpha value is -0.920. The van der Waals surface area contributed by atoms with Crippen LogP contribution in [0.1, 0.15) is 5.56 Å². The minimum absolute atomic E-state index is 0.267. The average molecular weight is 257 g/mol. The maximum absolute atomic E-state index is 12.9. The van der Waals surface area contributed by atoms with E-state index < -0.39 is 0 Å². The van der Waals surface area contributed by atoms with Gasteiger partial charge in [0.25, 0.3) is 0 Å². The van der Waals surface area contributed by atoms with Gasteiger partial charge in [-0.15, -0.1) is 0 Å². The van der Waals surface area contributed by atoms with Crippen molar-refractivity contribution in [3.05, 3.63) is 34.1 Å². The monoisotopic (exact) mass is 256 g/mol. The number of rotatable bonds is 3. The summed E-state index contributed by atoms with van der Waals surface area (Å²) >= 11 is 3.12. The Morgan fingerprint density at radius 1 is 1.57 bits per heavy atom. The van der Waals surface area contributed by atoms with Gasteiger partial charge in [0.15, 0.2) is 0 Å². The molecule has 0 spiro atoms. The number of nitriles is 1. The molecular weight excluding hydrogens is 247 g/mol. The van der Waals surface area contributed by atoms with Crippen LogP contribution in [0.3, 0.4) is 0 Å². The second-order valence-electron chi connectivity index (χ2n) is 3.08. The zero-order valence-electron chi connectivity index (χ0n) is 7.80. The van der Waals surface area contributed by atoms with E-state index in [2.05, 4.69) is 22.0 Å². The van der Waals surface area contributed by atoms with Gasteiger partial charge in [-0.2, -0.15) is 5.26 Å². The van der Waals surface area contributed by atoms with Crippen LogP contribution in [0.5, 0.6) is 0 Å². The van der Waals surface area contributed by atoms with Crippen LogP contribution in [-0.2, 0) is 6.54 Å². The van der Waals surface area contributed by atoms with Crippen molar-refractivity contribution >= 4 is 15.9 Å². The van der Waals surface area contributed by atoms with E-state index in [4.69, 9.17) is 5.26 Å². The molecule has 0 fully saturated rings. The topological polar surface area (TPSA) is 27.0 Å².